The van der Waals surface area contributed by atoms with E-state index in [4.69, 9.17) is 5.26 Å². The van der Waals surface area contributed by atoms with Crippen LogP contribution in [0.3, 0.4) is 0 Å². The number of hydrogen-bond donors (Lipinski definition) is 2. The maximum absolute atomic E-state index is 11.9. The normalized spacial score (nSPS) is 10.9. The predicted octanol–water partition coefficient (Wildman–Crippen LogP) is 0.661. The van der Waals surface area contributed by atoms with Crippen LogP contribution in [0.2, 0.25) is 0 Å². The average Bonchev–Trinajstić information content (AvgIpc) is 2.84. The van der Waals surface area contributed by atoms with Crippen LogP contribution in [0.15, 0.2) is 30.7 Å². The van der Waals surface area contributed by atoms with Gasteiger partial charge in [0.1, 0.15) is 11.6 Å². The first kappa shape index (κ1) is 13.0. The van der Waals surface area contributed by atoms with E-state index in [0.29, 0.717) is 6.42 Å². The van der Waals surface area contributed by atoms with E-state index in [0.717, 1.165) is 5.56 Å². The summed E-state index contributed by atoms with van der Waals surface area (Å²) in [5.41, 5.74) is 1.04. The summed E-state index contributed by atoms with van der Waals surface area (Å²) < 4.78 is 26.0. The van der Waals surface area contributed by atoms with Gasteiger partial charge in [-0.25, -0.2) is 8.42 Å². The van der Waals surface area contributed by atoms with E-state index in [-0.39, 0.29) is 17.1 Å². The third-order valence-corrected chi connectivity index (χ3v) is 3.68. The molecule has 0 amide bonds. The molecule has 0 unspecified atom stereocenters. The van der Waals surface area contributed by atoms with Crippen molar-refractivity contribution in [2.75, 3.05) is 10.5 Å². The standard InChI is InChI=1S/C11H11N5O2S/c12-7-10-8-14-15-11(10)16-19(17,18)6-3-9-1-4-13-5-2-9/h1-2,4-5,8H,3,6H2,(H2,14,15,16). The van der Waals surface area contributed by atoms with Crippen LogP contribution in [0.4, 0.5) is 5.82 Å². The first-order chi connectivity index (χ1) is 9.11. The average molecular weight is 277 g/mol. The molecule has 19 heavy (non-hydrogen) atoms. The lowest BCUT2D eigenvalue weighted by Gasteiger charge is -2.06. The Morgan fingerprint density at radius 1 is 1.37 bits per heavy atom. The molecule has 2 heterocycles. The fourth-order valence-corrected chi connectivity index (χ4v) is 2.53. The second-order valence-corrected chi connectivity index (χ2v) is 5.64. The molecule has 0 aliphatic carbocycles. The van der Waals surface area contributed by atoms with Crippen LogP contribution in [0.1, 0.15) is 11.1 Å². The number of aromatic nitrogens is 3. The summed E-state index contributed by atoms with van der Waals surface area (Å²) in [5, 5.41) is 14.8. The van der Waals surface area contributed by atoms with Crippen molar-refractivity contribution in [3.63, 3.8) is 0 Å². The molecular formula is C11H11N5O2S. The van der Waals surface area contributed by atoms with E-state index in [1.54, 1.807) is 24.5 Å². The van der Waals surface area contributed by atoms with Gasteiger partial charge in [0.25, 0.3) is 0 Å². The zero-order valence-electron chi connectivity index (χ0n) is 9.87. The molecule has 0 bridgehead atoms. The van der Waals surface area contributed by atoms with Gasteiger partial charge in [0.05, 0.1) is 11.9 Å². The fourth-order valence-electron chi connectivity index (χ4n) is 1.46. The topological polar surface area (TPSA) is 112 Å². The summed E-state index contributed by atoms with van der Waals surface area (Å²) >= 11 is 0. The molecule has 2 N–H and O–H groups in total. The molecule has 2 rings (SSSR count). The Labute approximate surface area is 110 Å². The molecule has 0 fully saturated rings. The Bertz CT molecular complexity index is 687. The van der Waals surface area contributed by atoms with E-state index >= 15 is 0 Å². The van der Waals surface area contributed by atoms with Crippen LogP contribution < -0.4 is 4.72 Å². The van der Waals surface area contributed by atoms with Crippen molar-refractivity contribution in [2.24, 2.45) is 0 Å². The summed E-state index contributed by atoms with van der Waals surface area (Å²) in [4.78, 5) is 3.86. The number of hydrogen-bond acceptors (Lipinski definition) is 5. The number of pyridine rings is 1. The van der Waals surface area contributed by atoms with E-state index in [2.05, 4.69) is 19.9 Å². The molecule has 0 aromatic carbocycles. The van der Waals surface area contributed by atoms with Gasteiger partial charge in [-0.1, -0.05) is 0 Å². The first-order valence-corrected chi connectivity index (χ1v) is 7.09. The highest BCUT2D eigenvalue weighted by atomic mass is 32.2. The second-order valence-electron chi connectivity index (χ2n) is 3.80. The van der Waals surface area contributed by atoms with Gasteiger partial charge in [0.15, 0.2) is 5.82 Å². The molecule has 0 spiro atoms. The van der Waals surface area contributed by atoms with Crippen LogP contribution in [-0.2, 0) is 16.4 Å². The summed E-state index contributed by atoms with van der Waals surface area (Å²) in [7, 11) is -3.53. The highest BCUT2D eigenvalue weighted by molar-refractivity contribution is 7.92. The van der Waals surface area contributed by atoms with Crippen LogP contribution in [0.5, 0.6) is 0 Å². The second kappa shape index (κ2) is 5.49. The summed E-state index contributed by atoms with van der Waals surface area (Å²) in [6, 6.07) is 5.36. The zero-order chi connectivity index (χ0) is 13.7. The van der Waals surface area contributed by atoms with Gasteiger partial charge in [0, 0.05) is 12.4 Å². The SMILES string of the molecule is N#Cc1cn[nH]c1NS(=O)(=O)CCc1ccncc1. The molecule has 0 aliphatic rings. The van der Waals surface area contributed by atoms with Crippen LogP contribution >= 0.6 is 0 Å². The van der Waals surface area contributed by atoms with E-state index in [9.17, 15) is 8.42 Å². The lowest BCUT2D eigenvalue weighted by Crippen LogP contribution is -2.19. The van der Waals surface area contributed by atoms with Crippen molar-refractivity contribution >= 4 is 15.8 Å². The number of H-pyrrole nitrogens is 1. The predicted molar refractivity (Wildman–Crippen MR) is 68.7 cm³/mol. The van der Waals surface area contributed by atoms with Gasteiger partial charge in [-0.2, -0.15) is 10.4 Å². The molecule has 7 nitrogen and oxygen atoms in total. The summed E-state index contributed by atoms with van der Waals surface area (Å²) in [5.74, 6) is 0.0122. The van der Waals surface area contributed by atoms with Gasteiger partial charge in [-0.05, 0) is 24.1 Å². The van der Waals surface area contributed by atoms with Crippen molar-refractivity contribution in [2.45, 2.75) is 6.42 Å². The molecule has 0 aliphatic heterocycles. The minimum atomic E-state index is -3.53. The Morgan fingerprint density at radius 2 is 2.11 bits per heavy atom. The van der Waals surface area contributed by atoms with Crippen molar-refractivity contribution in [3.05, 3.63) is 41.9 Å². The van der Waals surface area contributed by atoms with E-state index in [1.807, 2.05) is 6.07 Å². The van der Waals surface area contributed by atoms with Gasteiger partial charge >= 0.3 is 0 Å². The molecule has 0 atom stereocenters. The summed E-state index contributed by atoms with van der Waals surface area (Å²) in [6.45, 7) is 0. The largest absolute Gasteiger partial charge is 0.267 e. The summed E-state index contributed by atoms with van der Waals surface area (Å²) in [6.07, 6.45) is 4.85. The molecule has 0 radical (unpaired) electrons. The molecule has 8 heteroatoms. The van der Waals surface area contributed by atoms with Crippen LogP contribution in [-0.4, -0.2) is 29.4 Å². The number of nitriles is 1. The van der Waals surface area contributed by atoms with Crippen LogP contribution in [0.25, 0.3) is 0 Å². The minimum absolute atomic E-state index is 0.0824. The van der Waals surface area contributed by atoms with Gasteiger partial charge < -0.3 is 0 Å². The number of rotatable bonds is 5. The quantitative estimate of drug-likeness (QED) is 0.833. The van der Waals surface area contributed by atoms with E-state index in [1.165, 1.54) is 6.20 Å². The Balaban J connectivity index is 2.02. The monoisotopic (exact) mass is 277 g/mol. The number of aryl methyl sites for hydroxylation is 1. The molecule has 98 valence electrons. The highest BCUT2D eigenvalue weighted by Gasteiger charge is 2.14. The third kappa shape index (κ3) is 3.53. The lowest BCUT2D eigenvalue weighted by molar-refractivity contribution is 0.600. The number of aromatic amines is 1. The van der Waals surface area contributed by atoms with Crippen molar-refractivity contribution < 1.29 is 8.42 Å². The smallest absolute Gasteiger partial charge is 0.234 e. The maximum Gasteiger partial charge on any atom is 0.234 e. The Hall–Kier alpha value is -2.40. The molecule has 2 aromatic rings. The highest BCUT2D eigenvalue weighted by Crippen LogP contribution is 2.11. The lowest BCUT2D eigenvalue weighted by atomic mass is 10.2. The number of nitrogens with zero attached hydrogens (tertiary/aromatic N) is 3. The maximum atomic E-state index is 11.9. The number of nitrogens with one attached hydrogen (secondary N) is 2. The van der Waals surface area contributed by atoms with Crippen molar-refractivity contribution in [3.8, 4) is 6.07 Å². The van der Waals surface area contributed by atoms with Crippen LogP contribution in [0, 0.1) is 11.3 Å². The molecular weight excluding hydrogens is 266 g/mol. The minimum Gasteiger partial charge on any atom is -0.267 e. The number of anilines is 1. The van der Waals surface area contributed by atoms with Crippen molar-refractivity contribution in [1.29, 1.82) is 5.26 Å². The fraction of sp³-hybridized carbons (Fsp3) is 0.182. The first-order valence-electron chi connectivity index (χ1n) is 5.43. The zero-order valence-corrected chi connectivity index (χ0v) is 10.7. The molecule has 0 saturated carbocycles. The van der Waals surface area contributed by atoms with Crippen molar-refractivity contribution in [1.82, 2.24) is 15.2 Å². The Morgan fingerprint density at radius 3 is 2.79 bits per heavy atom. The van der Waals surface area contributed by atoms with E-state index < -0.39 is 10.0 Å². The number of sulfonamides is 1. The van der Waals surface area contributed by atoms with Gasteiger partial charge in [-0.15, -0.1) is 0 Å². The molecule has 0 saturated heterocycles. The van der Waals surface area contributed by atoms with Gasteiger partial charge in [-0.3, -0.25) is 14.8 Å². The van der Waals surface area contributed by atoms with Gasteiger partial charge in [0.2, 0.25) is 10.0 Å². The Kier molecular flexibility index (Phi) is 3.77. The third-order valence-electron chi connectivity index (χ3n) is 2.43. The molecule has 2 aromatic heterocycles.